The van der Waals surface area contributed by atoms with Crippen LogP contribution in [0.2, 0.25) is 0 Å². The molecule has 1 aliphatic rings. The predicted molar refractivity (Wildman–Crippen MR) is 33.1 cm³/mol. The number of hydrogen-bond acceptors (Lipinski definition) is 5. The van der Waals surface area contributed by atoms with Crippen molar-refractivity contribution in [1.82, 2.24) is 0 Å². The molecule has 0 bridgehead atoms. The van der Waals surface area contributed by atoms with Crippen LogP contribution in [0, 0.1) is 0 Å². The highest BCUT2D eigenvalue weighted by molar-refractivity contribution is 7.85. The van der Waals surface area contributed by atoms with Gasteiger partial charge in [0, 0.05) is 0 Å². The Morgan fingerprint density at radius 1 is 1.25 bits per heavy atom. The molecular weight excluding hydrogens is 148 g/mol. The molecule has 0 aromatic carbocycles. The Kier molecular flexibility index (Phi) is 1.57. The molecule has 5 heteroatoms. The van der Waals surface area contributed by atoms with E-state index in [2.05, 4.69) is 34.7 Å². The van der Waals surface area contributed by atoms with Crippen LogP contribution in [0.4, 0.5) is 4.79 Å². The van der Waals surface area contributed by atoms with Crippen LogP contribution in [0.5, 0.6) is 0 Å². The summed E-state index contributed by atoms with van der Waals surface area (Å²) >= 11 is 7.60. The summed E-state index contributed by atoms with van der Waals surface area (Å²) < 4.78 is 8.80. The van der Waals surface area contributed by atoms with Gasteiger partial charge in [0.2, 0.25) is 0 Å². The van der Waals surface area contributed by atoms with Gasteiger partial charge in [-0.2, -0.15) is 0 Å². The number of thiol groups is 2. The van der Waals surface area contributed by atoms with Crippen molar-refractivity contribution in [2.24, 2.45) is 0 Å². The number of hydrogen-bond donors (Lipinski definition) is 2. The molecule has 1 fully saturated rings. The minimum absolute atomic E-state index is 0.522. The van der Waals surface area contributed by atoms with Gasteiger partial charge in [0.05, 0.1) is 0 Å². The average molecular weight is 152 g/mol. The van der Waals surface area contributed by atoms with Crippen LogP contribution in [0.1, 0.15) is 0 Å². The molecule has 2 unspecified atom stereocenters. The molecule has 3 nitrogen and oxygen atoms in total. The van der Waals surface area contributed by atoms with Crippen molar-refractivity contribution in [3.05, 3.63) is 0 Å². The van der Waals surface area contributed by atoms with Crippen LogP contribution in [-0.4, -0.2) is 17.0 Å². The van der Waals surface area contributed by atoms with Gasteiger partial charge in [-0.05, 0) is 0 Å². The summed E-state index contributed by atoms with van der Waals surface area (Å²) in [5, 5.41) is 0. The minimum atomic E-state index is -0.704. The third-order valence-electron chi connectivity index (χ3n) is 0.678. The fourth-order valence-electron chi connectivity index (χ4n) is 0.341. The van der Waals surface area contributed by atoms with Crippen molar-refractivity contribution in [3.8, 4) is 0 Å². The molecule has 1 heterocycles. The maximum Gasteiger partial charge on any atom is 0.510 e. The van der Waals surface area contributed by atoms with E-state index in [0.29, 0.717) is 0 Å². The van der Waals surface area contributed by atoms with Gasteiger partial charge in [-0.15, -0.1) is 25.3 Å². The Hall–Kier alpha value is -0.0300. The number of ether oxygens (including phenoxy) is 2. The maximum atomic E-state index is 10.1. The molecule has 0 saturated carbocycles. The fraction of sp³-hybridized carbons (Fsp3) is 0.667. The van der Waals surface area contributed by atoms with Gasteiger partial charge in [0.25, 0.3) is 0 Å². The van der Waals surface area contributed by atoms with E-state index < -0.39 is 17.0 Å². The van der Waals surface area contributed by atoms with Crippen LogP contribution in [0.25, 0.3) is 0 Å². The highest BCUT2D eigenvalue weighted by Gasteiger charge is 2.30. The third kappa shape index (κ3) is 1.03. The first-order chi connectivity index (χ1) is 3.70. The van der Waals surface area contributed by atoms with E-state index >= 15 is 0 Å². The van der Waals surface area contributed by atoms with Gasteiger partial charge >= 0.3 is 6.16 Å². The first-order valence-electron chi connectivity index (χ1n) is 1.93. The van der Waals surface area contributed by atoms with Crippen molar-refractivity contribution in [1.29, 1.82) is 0 Å². The van der Waals surface area contributed by atoms with Gasteiger partial charge in [-0.25, -0.2) is 4.79 Å². The predicted octanol–water partition coefficient (Wildman–Crippen LogP) is 0.665. The maximum absolute atomic E-state index is 10.1. The van der Waals surface area contributed by atoms with Crippen molar-refractivity contribution < 1.29 is 14.3 Å². The highest BCUT2D eigenvalue weighted by atomic mass is 32.1. The first kappa shape index (κ1) is 6.10. The Morgan fingerprint density at radius 3 is 1.75 bits per heavy atom. The van der Waals surface area contributed by atoms with Gasteiger partial charge in [-0.3, -0.25) is 0 Å². The molecule has 8 heavy (non-hydrogen) atoms. The van der Waals surface area contributed by atoms with Gasteiger partial charge < -0.3 is 9.47 Å². The first-order valence-corrected chi connectivity index (χ1v) is 2.97. The van der Waals surface area contributed by atoms with Crippen LogP contribution < -0.4 is 0 Å². The summed E-state index contributed by atoms with van der Waals surface area (Å²) in [6.07, 6.45) is -0.704. The normalized spacial score (nSPS) is 36.5. The van der Waals surface area contributed by atoms with Crippen LogP contribution in [0.15, 0.2) is 0 Å². The second kappa shape index (κ2) is 2.06. The lowest BCUT2D eigenvalue weighted by Crippen LogP contribution is -2.07. The monoisotopic (exact) mass is 152 g/mol. The third-order valence-corrected chi connectivity index (χ3v) is 1.67. The molecule has 1 aliphatic heterocycles. The summed E-state index contributed by atoms with van der Waals surface area (Å²) in [7, 11) is 0. The van der Waals surface area contributed by atoms with E-state index in [4.69, 9.17) is 0 Å². The van der Waals surface area contributed by atoms with E-state index in [1.807, 2.05) is 0 Å². The lowest BCUT2D eigenvalue weighted by atomic mass is 10.8. The van der Waals surface area contributed by atoms with Crippen LogP contribution >= 0.6 is 25.3 Å². The molecule has 0 amide bonds. The second-order valence-corrected chi connectivity index (χ2v) is 2.28. The van der Waals surface area contributed by atoms with Crippen LogP contribution in [-0.2, 0) is 9.47 Å². The largest absolute Gasteiger partial charge is 0.510 e. The molecule has 0 aliphatic carbocycles. The average Bonchev–Trinajstić information content (AvgIpc) is 1.85. The van der Waals surface area contributed by atoms with E-state index in [-0.39, 0.29) is 0 Å². The SMILES string of the molecule is O=C1OC(S)C(S)O1. The Morgan fingerprint density at radius 2 is 1.62 bits per heavy atom. The standard InChI is InChI=1S/C3H4O3S2/c4-3-5-1(7)2(8)6-3/h1-2,7-8H. The Labute approximate surface area is 57.2 Å². The van der Waals surface area contributed by atoms with E-state index in [1.165, 1.54) is 0 Å². The zero-order valence-electron chi connectivity index (χ0n) is 3.77. The van der Waals surface area contributed by atoms with Crippen LogP contribution in [0.3, 0.4) is 0 Å². The molecule has 0 aromatic rings. The molecular formula is C3H4O3S2. The molecule has 1 rings (SSSR count). The summed E-state index contributed by atoms with van der Waals surface area (Å²) in [6.45, 7) is 0. The zero-order valence-corrected chi connectivity index (χ0v) is 5.56. The Balaban J connectivity index is 2.51. The van der Waals surface area contributed by atoms with E-state index in [0.717, 1.165) is 0 Å². The molecule has 2 atom stereocenters. The molecule has 46 valence electrons. The number of carbonyl (C=O) groups excluding carboxylic acids is 1. The molecule has 0 N–H and O–H groups in total. The summed E-state index contributed by atoms with van der Waals surface area (Å²) in [5.74, 6) is 0. The number of cyclic esters (lactones) is 2. The molecule has 1 saturated heterocycles. The molecule has 0 spiro atoms. The highest BCUT2D eigenvalue weighted by Crippen LogP contribution is 2.19. The minimum Gasteiger partial charge on any atom is -0.415 e. The van der Waals surface area contributed by atoms with Gasteiger partial charge in [0.1, 0.15) is 0 Å². The van der Waals surface area contributed by atoms with Crippen molar-refractivity contribution in [3.63, 3.8) is 0 Å². The number of rotatable bonds is 0. The smallest absolute Gasteiger partial charge is 0.415 e. The molecule has 0 radical (unpaired) electrons. The zero-order chi connectivity index (χ0) is 6.15. The van der Waals surface area contributed by atoms with Crippen molar-refractivity contribution in [2.45, 2.75) is 10.9 Å². The van der Waals surface area contributed by atoms with Crippen molar-refractivity contribution >= 4 is 31.4 Å². The Bertz CT molecular complexity index is 103. The topological polar surface area (TPSA) is 35.5 Å². The summed E-state index contributed by atoms with van der Waals surface area (Å²) in [5.41, 5.74) is -1.04. The van der Waals surface area contributed by atoms with Gasteiger partial charge in [-0.1, -0.05) is 0 Å². The number of carbonyl (C=O) groups is 1. The quantitative estimate of drug-likeness (QED) is 0.395. The molecule has 0 aromatic heterocycles. The lowest BCUT2D eigenvalue weighted by Gasteiger charge is -1.98. The lowest BCUT2D eigenvalue weighted by molar-refractivity contribution is 0.127. The summed E-state index contributed by atoms with van der Waals surface area (Å²) in [6, 6.07) is 0. The summed E-state index contributed by atoms with van der Waals surface area (Å²) in [4.78, 5) is 10.1. The van der Waals surface area contributed by atoms with Gasteiger partial charge in [0.15, 0.2) is 10.9 Å². The fourth-order valence-corrected chi connectivity index (χ4v) is 0.635. The van der Waals surface area contributed by atoms with E-state index in [1.54, 1.807) is 0 Å². The van der Waals surface area contributed by atoms with Crippen molar-refractivity contribution in [2.75, 3.05) is 0 Å². The second-order valence-electron chi connectivity index (χ2n) is 1.27. The van der Waals surface area contributed by atoms with E-state index in [9.17, 15) is 4.79 Å².